The van der Waals surface area contributed by atoms with Crippen molar-refractivity contribution in [3.8, 4) is 0 Å². The van der Waals surface area contributed by atoms with E-state index in [0.717, 1.165) is 10.2 Å². The van der Waals surface area contributed by atoms with Gasteiger partial charge in [-0.1, -0.05) is 28.1 Å². The van der Waals surface area contributed by atoms with Crippen molar-refractivity contribution in [2.45, 2.75) is 6.54 Å². The van der Waals surface area contributed by atoms with Gasteiger partial charge in [0.15, 0.2) is 5.96 Å². The second-order valence-corrected chi connectivity index (χ2v) is 5.86. The zero-order chi connectivity index (χ0) is 17.2. The Labute approximate surface area is 173 Å². The van der Waals surface area contributed by atoms with Crippen LogP contribution in [-0.4, -0.2) is 37.0 Å². The molecule has 0 bridgehead atoms. The molecule has 0 aliphatic rings. The highest BCUT2D eigenvalue weighted by Crippen LogP contribution is 2.11. The van der Waals surface area contributed by atoms with Crippen molar-refractivity contribution in [1.29, 1.82) is 0 Å². The van der Waals surface area contributed by atoms with Crippen molar-refractivity contribution in [3.63, 3.8) is 0 Å². The van der Waals surface area contributed by atoms with Gasteiger partial charge in [-0.25, -0.2) is 0 Å². The van der Waals surface area contributed by atoms with Crippen LogP contribution < -0.4 is 16.0 Å². The van der Waals surface area contributed by atoms with Gasteiger partial charge in [-0.2, -0.15) is 0 Å². The third kappa shape index (κ3) is 7.82. The van der Waals surface area contributed by atoms with Gasteiger partial charge in [0.25, 0.3) is 5.91 Å². The molecule has 0 radical (unpaired) electrons. The second kappa shape index (κ2) is 11.8. The maximum absolute atomic E-state index is 12.0. The first-order chi connectivity index (χ1) is 11.7. The highest BCUT2D eigenvalue weighted by molar-refractivity contribution is 14.0. The summed E-state index contributed by atoms with van der Waals surface area (Å²) < 4.78 is 0.882. The Morgan fingerprint density at radius 2 is 1.92 bits per heavy atom. The predicted molar refractivity (Wildman–Crippen MR) is 114 cm³/mol. The molecule has 1 aromatic carbocycles. The number of carbonyl (C=O) groups is 1. The maximum atomic E-state index is 12.0. The van der Waals surface area contributed by atoms with Crippen LogP contribution in [0.5, 0.6) is 0 Å². The third-order valence-electron chi connectivity index (χ3n) is 3.18. The predicted octanol–water partition coefficient (Wildman–Crippen LogP) is 2.56. The summed E-state index contributed by atoms with van der Waals surface area (Å²) in [5, 5.41) is 9.18. The Hall–Kier alpha value is -1.68. The van der Waals surface area contributed by atoms with Gasteiger partial charge in [0, 0.05) is 36.4 Å². The van der Waals surface area contributed by atoms with Crippen molar-refractivity contribution >= 4 is 51.8 Å². The summed E-state index contributed by atoms with van der Waals surface area (Å²) in [7, 11) is 1.70. The standard InChI is InChI=1S/C17H20BrN5O.HI/c1-19-17(23-12-15-7-2-3-8-20-15)22-10-9-21-16(24)13-5-4-6-14(18)11-13;/h2-8,11H,9-10,12H2,1H3,(H,21,24)(H2,19,22,23);1H. The van der Waals surface area contributed by atoms with E-state index in [0.29, 0.717) is 31.2 Å². The van der Waals surface area contributed by atoms with Crippen LogP contribution in [0.3, 0.4) is 0 Å². The van der Waals surface area contributed by atoms with Crippen molar-refractivity contribution in [2.75, 3.05) is 20.1 Å². The van der Waals surface area contributed by atoms with Crippen molar-refractivity contribution in [1.82, 2.24) is 20.9 Å². The lowest BCUT2D eigenvalue weighted by Crippen LogP contribution is -2.41. The number of rotatable bonds is 6. The minimum Gasteiger partial charge on any atom is -0.355 e. The molecular formula is C17H21BrIN5O. The smallest absolute Gasteiger partial charge is 0.251 e. The summed E-state index contributed by atoms with van der Waals surface area (Å²) in [5.41, 5.74) is 1.56. The van der Waals surface area contributed by atoms with Crippen LogP contribution in [0, 0.1) is 0 Å². The normalized spacial score (nSPS) is 10.6. The molecule has 1 amide bonds. The Morgan fingerprint density at radius 3 is 2.60 bits per heavy atom. The molecule has 0 unspecified atom stereocenters. The highest BCUT2D eigenvalue weighted by atomic mass is 127. The van der Waals surface area contributed by atoms with Crippen LogP contribution in [0.15, 0.2) is 58.1 Å². The maximum Gasteiger partial charge on any atom is 0.251 e. The fourth-order valence-electron chi connectivity index (χ4n) is 1.99. The molecule has 8 heteroatoms. The molecule has 0 atom stereocenters. The SMILES string of the molecule is CN=C(NCCNC(=O)c1cccc(Br)c1)NCc1ccccn1.I. The van der Waals surface area contributed by atoms with Crippen LogP contribution in [-0.2, 0) is 6.54 Å². The van der Waals surface area contributed by atoms with Gasteiger partial charge in [-0.15, -0.1) is 24.0 Å². The second-order valence-electron chi connectivity index (χ2n) is 4.94. The number of benzene rings is 1. The molecule has 134 valence electrons. The quantitative estimate of drug-likeness (QED) is 0.238. The number of nitrogens with one attached hydrogen (secondary N) is 3. The van der Waals surface area contributed by atoms with Crippen LogP contribution in [0.25, 0.3) is 0 Å². The molecule has 2 rings (SSSR count). The fourth-order valence-corrected chi connectivity index (χ4v) is 2.39. The number of amides is 1. The summed E-state index contributed by atoms with van der Waals surface area (Å²) in [6.07, 6.45) is 1.75. The zero-order valence-electron chi connectivity index (χ0n) is 13.8. The minimum atomic E-state index is -0.102. The van der Waals surface area contributed by atoms with Gasteiger partial charge in [0.1, 0.15) is 0 Å². The van der Waals surface area contributed by atoms with Gasteiger partial charge in [0.05, 0.1) is 12.2 Å². The summed E-state index contributed by atoms with van der Waals surface area (Å²) in [4.78, 5) is 20.4. The first kappa shape index (κ1) is 21.4. The number of nitrogens with zero attached hydrogens (tertiary/aromatic N) is 2. The minimum absolute atomic E-state index is 0. The summed E-state index contributed by atoms with van der Waals surface area (Å²) in [6, 6.07) is 13.0. The number of halogens is 2. The Bertz CT molecular complexity index is 696. The lowest BCUT2D eigenvalue weighted by Gasteiger charge is -2.12. The average Bonchev–Trinajstić information content (AvgIpc) is 2.61. The van der Waals surface area contributed by atoms with Crippen LogP contribution >= 0.6 is 39.9 Å². The lowest BCUT2D eigenvalue weighted by atomic mass is 10.2. The monoisotopic (exact) mass is 517 g/mol. The third-order valence-corrected chi connectivity index (χ3v) is 3.67. The summed E-state index contributed by atoms with van der Waals surface area (Å²) in [5.74, 6) is 0.562. The van der Waals surface area contributed by atoms with E-state index in [1.165, 1.54) is 0 Å². The summed E-state index contributed by atoms with van der Waals surface area (Å²) in [6.45, 7) is 1.65. The fraction of sp³-hybridized carbons (Fsp3) is 0.235. The number of carbonyl (C=O) groups excluding carboxylic acids is 1. The van der Waals surface area contributed by atoms with E-state index in [9.17, 15) is 4.79 Å². The molecule has 0 aliphatic heterocycles. The van der Waals surface area contributed by atoms with Gasteiger partial charge in [-0.05, 0) is 30.3 Å². The zero-order valence-corrected chi connectivity index (χ0v) is 17.7. The molecule has 0 saturated heterocycles. The van der Waals surface area contributed by atoms with E-state index in [1.54, 1.807) is 25.4 Å². The van der Waals surface area contributed by atoms with Crippen LogP contribution in [0.4, 0.5) is 0 Å². The Balaban J connectivity index is 0.00000312. The molecule has 6 nitrogen and oxygen atoms in total. The van der Waals surface area contributed by atoms with Crippen molar-refractivity contribution in [2.24, 2.45) is 4.99 Å². The van der Waals surface area contributed by atoms with E-state index in [2.05, 4.69) is 41.9 Å². The van der Waals surface area contributed by atoms with Crippen LogP contribution in [0.2, 0.25) is 0 Å². The first-order valence-corrected chi connectivity index (χ1v) is 8.36. The lowest BCUT2D eigenvalue weighted by molar-refractivity contribution is 0.0954. The molecule has 25 heavy (non-hydrogen) atoms. The largest absolute Gasteiger partial charge is 0.355 e. The molecule has 0 aliphatic carbocycles. The summed E-state index contributed by atoms with van der Waals surface area (Å²) >= 11 is 3.36. The number of aromatic nitrogens is 1. The van der Waals surface area contributed by atoms with E-state index in [-0.39, 0.29) is 29.9 Å². The van der Waals surface area contributed by atoms with Gasteiger partial charge in [0.2, 0.25) is 0 Å². The highest BCUT2D eigenvalue weighted by Gasteiger charge is 2.05. The molecule has 0 saturated carbocycles. The van der Waals surface area contributed by atoms with Gasteiger partial charge < -0.3 is 16.0 Å². The van der Waals surface area contributed by atoms with E-state index in [4.69, 9.17) is 0 Å². The molecule has 1 aromatic heterocycles. The molecule has 0 spiro atoms. The first-order valence-electron chi connectivity index (χ1n) is 7.57. The van der Waals surface area contributed by atoms with Crippen LogP contribution in [0.1, 0.15) is 16.1 Å². The van der Waals surface area contributed by atoms with Crippen molar-refractivity contribution < 1.29 is 4.79 Å². The van der Waals surface area contributed by atoms with Crippen molar-refractivity contribution in [3.05, 3.63) is 64.4 Å². The number of aliphatic imine (C=N–C) groups is 1. The topological polar surface area (TPSA) is 78.4 Å². The average molecular weight is 518 g/mol. The van der Waals surface area contributed by atoms with E-state index >= 15 is 0 Å². The van der Waals surface area contributed by atoms with E-state index in [1.807, 2.05) is 30.3 Å². The molecule has 2 aromatic rings. The number of hydrogen-bond donors (Lipinski definition) is 3. The number of pyridine rings is 1. The number of hydrogen-bond acceptors (Lipinski definition) is 3. The van der Waals surface area contributed by atoms with E-state index < -0.39 is 0 Å². The molecular weight excluding hydrogens is 497 g/mol. The molecule has 3 N–H and O–H groups in total. The van der Waals surface area contributed by atoms with Gasteiger partial charge >= 0.3 is 0 Å². The Kier molecular flexibility index (Phi) is 10.1. The number of guanidine groups is 1. The van der Waals surface area contributed by atoms with Gasteiger partial charge in [-0.3, -0.25) is 14.8 Å². The molecule has 1 heterocycles. The Morgan fingerprint density at radius 1 is 1.12 bits per heavy atom. The molecule has 0 fully saturated rings.